The quantitative estimate of drug-likeness (QED) is 0.728. The summed E-state index contributed by atoms with van der Waals surface area (Å²) in [5.74, 6) is 0. The van der Waals surface area contributed by atoms with Crippen LogP contribution in [-0.4, -0.2) is 41.9 Å². The van der Waals surface area contributed by atoms with Crippen molar-refractivity contribution >= 4 is 15.7 Å². The van der Waals surface area contributed by atoms with E-state index in [9.17, 15) is 8.42 Å². The minimum Gasteiger partial charge on any atom is -0.399 e. The molecular weight excluding hydrogens is 280 g/mol. The molecule has 6 nitrogen and oxygen atoms in total. The summed E-state index contributed by atoms with van der Waals surface area (Å²) in [5.41, 5.74) is 7.67. The van der Waals surface area contributed by atoms with E-state index in [1.165, 1.54) is 20.3 Å². The van der Waals surface area contributed by atoms with Crippen LogP contribution in [0.2, 0.25) is 0 Å². The van der Waals surface area contributed by atoms with E-state index in [0.717, 1.165) is 5.56 Å². The standard InChI is InChI=1S/C13H22N2O4S/c1-9-5-11(14)6-13(10(9)2)20(16,17)15-7-12(19-4)8-18-3/h5-6,12,15H,7-8,14H2,1-4H3. The second kappa shape index (κ2) is 7.03. The molecule has 0 aliphatic rings. The average molecular weight is 302 g/mol. The van der Waals surface area contributed by atoms with E-state index in [-0.39, 0.29) is 17.5 Å². The van der Waals surface area contributed by atoms with Crippen LogP contribution in [-0.2, 0) is 19.5 Å². The van der Waals surface area contributed by atoms with Crippen LogP contribution in [0.15, 0.2) is 17.0 Å². The summed E-state index contributed by atoms with van der Waals surface area (Å²) in [6.07, 6.45) is -0.336. The van der Waals surface area contributed by atoms with Crippen LogP contribution in [0.25, 0.3) is 0 Å². The fraction of sp³-hybridized carbons (Fsp3) is 0.538. The van der Waals surface area contributed by atoms with Gasteiger partial charge in [0.2, 0.25) is 10.0 Å². The van der Waals surface area contributed by atoms with Gasteiger partial charge in [0.25, 0.3) is 0 Å². The lowest BCUT2D eigenvalue weighted by molar-refractivity contribution is 0.0320. The molecule has 0 radical (unpaired) electrons. The van der Waals surface area contributed by atoms with Crippen molar-refractivity contribution in [3.63, 3.8) is 0 Å². The molecule has 3 N–H and O–H groups in total. The lowest BCUT2D eigenvalue weighted by Crippen LogP contribution is -2.36. The second-order valence-electron chi connectivity index (χ2n) is 4.63. The van der Waals surface area contributed by atoms with Gasteiger partial charge in [-0.3, -0.25) is 0 Å². The van der Waals surface area contributed by atoms with Gasteiger partial charge in [-0.25, -0.2) is 13.1 Å². The molecule has 0 heterocycles. The summed E-state index contributed by atoms with van der Waals surface area (Å²) >= 11 is 0. The van der Waals surface area contributed by atoms with Gasteiger partial charge in [-0.05, 0) is 37.1 Å². The molecule has 7 heteroatoms. The van der Waals surface area contributed by atoms with Gasteiger partial charge in [0.15, 0.2) is 0 Å². The second-order valence-corrected chi connectivity index (χ2v) is 6.36. The number of ether oxygens (including phenoxy) is 2. The molecule has 0 aliphatic carbocycles. The molecule has 1 aromatic rings. The lowest BCUT2D eigenvalue weighted by atomic mass is 10.1. The number of nitrogen functional groups attached to an aromatic ring is 1. The largest absolute Gasteiger partial charge is 0.399 e. The van der Waals surface area contributed by atoms with E-state index in [1.54, 1.807) is 13.0 Å². The summed E-state index contributed by atoms with van der Waals surface area (Å²) in [5, 5.41) is 0. The van der Waals surface area contributed by atoms with Crippen molar-refractivity contribution in [2.24, 2.45) is 0 Å². The molecule has 1 unspecified atom stereocenters. The number of hydrogen-bond acceptors (Lipinski definition) is 5. The Morgan fingerprint density at radius 3 is 2.50 bits per heavy atom. The first-order chi connectivity index (χ1) is 9.31. The van der Waals surface area contributed by atoms with Crippen LogP contribution in [0.5, 0.6) is 0 Å². The lowest BCUT2D eigenvalue weighted by Gasteiger charge is -2.16. The molecule has 0 saturated carbocycles. The molecule has 1 aromatic carbocycles. The third-order valence-corrected chi connectivity index (χ3v) is 4.67. The number of hydrogen-bond donors (Lipinski definition) is 2. The van der Waals surface area contributed by atoms with Crippen LogP contribution >= 0.6 is 0 Å². The molecule has 0 aliphatic heterocycles. The van der Waals surface area contributed by atoms with Crippen LogP contribution < -0.4 is 10.5 Å². The molecular formula is C13H22N2O4S. The first kappa shape index (κ1) is 16.9. The molecule has 20 heavy (non-hydrogen) atoms. The SMILES string of the molecule is COCC(CNS(=O)(=O)c1cc(N)cc(C)c1C)OC. The van der Waals surface area contributed by atoms with Gasteiger partial charge in [0, 0.05) is 26.5 Å². The van der Waals surface area contributed by atoms with Gasteiger partial charge in [0.05, 0.1) is 17.6 Å². The highest BCUT2D eigenvalue weighted by atomic mass is 32.2. The minimum atomic E-state index is -3.62. The monoisotopic (exact) mass is 302 g/mol. The zero-order valence-electron chi connectivity index (χ0n) is 12.3. The smallest absolute Gasteiger partial charge is 0.241 e. The number of nitrogens with two attached hydrogens (primary N) is 1. The predicted octanol–water partition coefficient (Wildman–Crippen LogP) is 0.825. The van der Waals surface area contributed by atoms with Crippen LogP contribution in [0.1, 0.15) is 11.1 Å². The Morgan fingerprint density at radius 2 is 1.95 bits per heavy atom. The van der Waals surface area contributed by atoms with Gasteiger partial charge in [-0.15, -0.1) is 0 Å². The van der Waals surface area contributed by atoms with Gasteiger partial charge < -0.3 is 15.2 Å². The maximum absolute atomic E-state index is 12.3. The molecule has 0 saturated heterocycles. The van der Waals surface area contributed by atoms with Crippen LogP contribution in [0.4, 0.5) is 5.69 Å². The fourth-order valence-electron chi connectivity index (χ4n) is 1.81. The Labute approximate surface area is 120 Å². The maximum Gasteiger partial charge on any atom is 0.241 e. The first-order valence-electron chi connectivity index (χ1n) is 6.20. The summed E-state index contributed by atoms with van der Waals surface area (Å²) < 4.78 is 37.2. The number of benzene rings is 1. The number of aryl methyl sites for hydroxylation is 1. The highest BCUT2D eigenvalue weighted by Gasteiger charge is 2.20. The molecule has 0 bridgehead atoms. The van der Waals surface area contributed by atoms with E-state index < -0.39 is 10.0 Å². The number of rotatable bonds is 7. The molecule has 0 spiro atoms. The summed E-state index contributed by atoms with van der Waals surface area (Å²) in [7, 11) is -0.583. The number of sulfonamides is 1. The molecule has 1 rings (SSSR count). The minimum absolute atomic E-state index is 0.139. The van der Waals surface area contributed by atoms with Crippen LogP contribution in [0.3, 0.4) is 0 Å². The van der Waals surface area contributed by atoms with Gasteiger partial charge >= 0.3 is 0 Å². The summed E-state index contributed by atoms with van der Waals surface area (Å²) in [6, 6.07) is 3.21. The summed E-state index contributed by atoms with van der Waals surface area (Å²) in [6.45, 7) is 4.04. The topological polar surface area (TPSA) is 90.7 Å². The van der Waals surface area contributed by atoms with E-state index in [0.29, 0.717) is 17.9 Å². The van der Waals surface area contributed by atoms with E-state index in [1.807, 2.05) is 6.92 Å². The zero-order chi connectivity index (χ0) is 15.3. The molecule has 1 atom stereocenters. The van der Waals surface area contributed by atoms with Crippen molar-refractivity contribution in [1.82, 2.24) is 4.72 Å². The fourth-order valence-corrected chi connectivity index (χ4v) is 3.23. The summed E-state index contributed by atoms with van der Waals surface area (Å²) in [4.78, 5) is 0.197. The zero-order valence-corrected chi connectivity index (χ0v) is 13.1. The molecule has 0 aromatic heterocycles. The Morgan fingerprint density at radius 1 is 1.30 bits per heavy atom. The van der Waals surface area contributed by atoms with E-state index in [4.69, 9.17) is 15.2 Å². The number of nitrogens with one attached hydrogen (secondary N) is 1. The maximum atomic E-state index is 12.3. The van der Waals surface area contributed by atoms with Crippen molar-refractivity contribution in [1.29, 1.82) is 0 Å². The third-order valence-electron chi connectivity index (χ3n) is 3.12. The highest BCUT2D eigenvalue weighted by molar-refractivity contribution is 7.89. The normalized spacial score (nSPS) is 13.4. The average Bonchev–Trinajstić information content (AvgIpc) is 2.38. The number of methoxy groups -OCH3 is 2. The molecule has 0 fully saturated rings. The Bertz CT molecular complexity index is 558. The van der Waals surface area contributed by atoms with E-state index >= 15 is 0 Å². The molecule has 114 valence electrons. The van der Waals surface area contributed by atoms with Gasteiger partial charge in [0.1, 0.15) is 0 Å². The predicted molar refractivity (Wildman–Crippen MR) is 78.2 cm³/mol. The molecule has 0 amide bonds. The Balaban J connectivity index is 2.94. The van der Waals surface area contributed by atoms with Gasteiger partial charge in [-0.1, -0.05) is 0 Å². The van der Waals surface area contributed by atoms with Crippen molar-refractivity contribution in [2.75, 3.05) is 33.1 Å². The van der Waals surface area contributed by atoms with E-state index in [2.05, 4.69) is 4.72 Å². The Kier molecular flexibility index (Phi) is 5.94. The van der Waals surface area contributed by atoms with Crippen molar-refractivity contribution in [3.05, 3.63) is 23.3 Å². The van der Waals surface area contributed by atoms with Crippen molar-refractivity contribution in [3.8, 4) is 0 Å². The van der Waals surface area contributed by atoms with Gasteiger partial charge in [-0.2, -0.15) is 0 Å². The van der Waals surface area contributed by atoms with Crippen LogP contribution in [0, 0.1) is 13.8 Å². The van der Waals surface area contributed by atoms with Crippen molar-refractivity contribution < 1.29 is 17.9 Å². The highest BCUT2D eigenvalue weighted by Crippen LogP contribution is 2.22. The van der Waals surface area contributed by atoms with Crippen molar-refractivity contribution in [2.45, 2.75) is 24.8 Å². The number of anilines is 1. The first-order valence-corrected chi connectivity index (χ1v) is 7.68. The Hall–Kier alpha value is -1.15. The third kappa shape index (κ3) is 4.17.